The molecule has 0 unspecified atom stereocenters. The van der Waals surface area contributed by atoms with Crippen molar-refractivity contribution in [3.8, 4) is 0 Å². The van der Waals surface area contributed by atoms with Crippen LogP contribution in [0, 0.1) is 0 Å². The minimum atomic E-state index is -0.274. The molecule has 0 radical (unpaired) electrons. The number of pyridine rings is 2. The minimum Gasteiger partial charge on any atom is -0.364 e. The van der Waals surface area contributed by atoms with E-state index in [1.807, 2.05) is 36.4 Å². The van der Waals surface area contributed by atoms with Gasteiger partial charge in [-0.1, -0.05) is 12.1 Å². The van der Waals surface area contributed by atoms with Crippen LogP contribution >= 0.6 is 0 Å². The molecule has 0 bridgehead atoms. The second-order valence-corrected chi connectivity index (χ2v) is 4.97. The lowest BCUT2D eigenvalue weighted by atomic mass is 10.3. The highest BCUT2D eigenvalue weighted by Crippen LogP contribution is 2.06. The number of carbonyl (C=O) groups excluding carboxylic acids is 1. The Labute approximate surface area is 139 Å². The summed E-state index contributed by atoms with van der Waals surface area (Å²) in [7, 11) is 0. The van der Waals surface area contributed by atoms with E-state index in [-0.39, 0.29) is 5.91 Å². The van der Waals surface area contributed by atoms with E-state index in [2.05, 4.69) is 30.6 Å². The molecule has 3 heterocycles. The van der Waals surface area contributed by atoms with Crippen molar-refractivity contribution < 1.29 is 4.79 Å². The second-order valence-electron chi connectivity index (χ2n) is 4.97. The molecule has 0 atom stereocenters. The summed E-state index contributed by atoms with van der Waals surface area (Å²) in [6, 6.07) is 12.8. The first kappa shape index (κ1) is 15.5. The number of carbonyl (C=O) groups is 1. The maximum absolute atomic E-state index is 12.2. The van der Waals surface area contributed by atoms with E-state index in [1.54, 1.807) is 18.5 Å². The van der Waals surface area contributed by atoms with Crippen molar-refractivity contribution >= 4 is 11.7 Å². The van der Waals surface area contributed by atoms with Crippen molar-refractivity contribution in [2.45, 2.75) is 13.1 Å². The van der Waals surface area contributed by atoms with Crippen LogP contribution in [0.3, 0.4) is 0 Å². The zero-order valence-electron chi connectivity index (χ0n) is 12.9. The molecule has 0 fully saturated rings. The Morgan fingerprint density at radius 2 is 1.58 bits per heavy atom. The zero-order valence-corrected chi connectivity index (χ0v) is 12.9. The summed E-state index contributed by atoms with van der Waals surface area (Å²) in [6.45, 7) is 0.868. The topological polar surface area (TPSA) is 92.7 Å². The number of hydrogen-bond donors (Lipinski definition) is 2. The largest absolute Gasteiger partial charge is 0.364 e. The molecule has 0 spiro atoms. The van der Waals surface area contributed by atoms with E-state index in [1.165, 1.54) is 6.33 Å². The number of rotatable bonds is 6. The molecule has 1 amide bonds. The van der Waals surface area contributed by atoms with Crippen LogP contribution < -0.4 is 10.6 Å². The Hall–Kier alpha value is -3.35. The van der Waals surface area contributed by atoms with Gasteiger partial charge in [-0.25, -0.2) is 9.97 Å². The van der Waals surface area contributed by atoms with Crippen molar-refractivity contribution in [3.05, 3.63) is 78.3 Å². The van der Waals surface area contributed by atoms with Gasteiger partial charge in [-0.2, -0.15) is 0 Å². The monoisotopic (exact) mass is 320 g/mol. The van der Waals surface area contributed by atoms with Gasteiger partial charge in [-0.3, -0.25) is 14.8 Å². The number of aromatic nitrogens is 4. The zero-order chi connectivity index (χ0) is 16.6. The molecule has 3 rings (SSSR count). The van der Waals surface area contributed by atoms with E-state index in [4.69, 9.17) is 0 Å². The van der Waals surface area contributed by atoms with Crippen molar-refractivity contribution in [2.75, 3.05) is 5.32 Å². The minimum absolute atomic E-state index is 0.274. The summed E-state index contributed by atoms with van der Waals surface area (Å²) in [5.74, 6) is 0.294. The fourth-order valence-corrected chi connectivity index (χ4v) is 2.03. The third kappa shape index (κ3) is 4.33. The van der Waals surface area contributed by atoms with Crippen LogP contribution in [-0.4, -0.2) is 25.8 Å². The third-order valence-corrected chi connectivity index (χ3v) is 3.23. The van der Waals surface area contributed by atoms with E-state index < -0.39 is 0 Å². The Kier molecular flexibility index (Phi) is 5.03. The Morgan fingerprint density at radius 1 is 0.875 bits per heavy atom. The van der Waals surface area contributed by atoms with Gasteiger partial charge in [0.1, 0.15) is 17.8 Å². The molecule has 0 aromatic carbocycles. The maximum atomic E-state index is 12.2. The first-order valence-corrected chi connectivity index (χ1v) is 7.45. The van der Waals surface area contributed by atoms with Crippen molar-refractivity contribution in [1.82, 2.24) is 25.3 Å². The van der Waals surface area contributed by atoms with Crippen LogP contribution in [-0.2, 0) is 13.1 Å². The van der Waals surface area contributed by atoms with Crippen LogP contribution in [0.15, 0.2) is 61.2 Å². The SMILES string of the molecule is O=C(NCc1ccccn1)c1cc(NCc2ccccn2)ncn1. The van der Waals surface area contributed by atoms with Gasteiger partial charge in [0.15, 0.2) is 0 Å². The lowest BCUT2D eigenvalue weighted by Crippen LogP contribution is -2.24. The van der Waals surface area contributed by atoms with Crippen LogP contribution in [0.25, 0.3) is 0 Å². The summed E-state index contributed by atoms with van der Waals surface area (Å²) >= 11 is 0. The average Bonchev–Trinajstić information content (AvgIpc) is 2.66. The van der Waals surface area contributed by atoms with Crippen LogP contribution in [0.1, 0.15) is 21.9 Å². The Morgan fingerprint density at radius 3 is 2.25 bits per heavy atom. The second kappa shape index (κ2) is 7.77. The Balaban J connectivity index is 1.59. The number of nitrogens with zero attached hydrogens (tertiary/aromatic N) is 4. The Bertz CT molecular complexity index is 794. The standard InChI is InChI=1S/C17H16N6O/c24-17(21-11-14-6-2-4-8-19-14)15-9-16(23-12-22-15)20-10-13-5-1-3-7-18-13/h1-9,12H,10-11H2,(H,21,24)(H,20,22,23). The normalized spacial score (nSPS) is 10.2. The molecule has 2 N–H and O–H groups in total. The van der Waals surface area contributed by atoms with Crippen molar-refractivity contribution in [2.24, 2.45) is 0 Å². The van der Waals surface area contributed by atoms with Crippen LogP contribution in [0.5, 0.6) is 0 Å². The van der Waals surface area contributed by atoms with E-state index >= 15 is 0 Å². The van der Waals surface area contributed by atoms with Gasteiger partial charge in [0.25, 0.3) is 5.91 Å². The molecule has 3 aromatic heterocycles. The lowest BCUT2D eigenvalue weighted by Gasteiger charge is -2.07. The smallest absolute Gasteiger partial charge is 0.270 e. The van der Waals surface area contributed by atoms with Crippen LogP contribution in [0.2, 0.25) is 0 Å². The van der Waals surface area contributed by atoms with Crippen molar-refractivity contribution in [3.63, 3.8) is 0 Å². The molecule has 0 saturated carbocycles. The molecule has 7 nitrogen and oxygen atoms in total. The summed E-state index contributed by atoms with van der Waals surface area (Å²) in [5.41, 5.74) is 1.97. The first-order chi connectivity index (χ1) is 11.8. The molecule has 0 aliphatic rings. The van der Waals surface area contributed by atoms with Crippen molar-refractivity contribution in [1.29, 1.82) is 0 Å². The van der Waals surface area contributed by atoms with Gasteiger partial charge in [-0.15, -0.1) is 0 Å². The molecule has 3 aromatic rings. The molecule has 0 saturated heterocycles. The number of nitrogens with one attached hydrogen (secondary N) is 2. The van der Waals surface area contributed by atoms with E-state index in [0.29, 0.717) is 24.6 Å². The van der Waals surface area contributed by atoms with Gasteiger partial charge in [0.2, 0.25) is 0 Å². The third-order valence-electron chi connectivity index (χ3n) is 3.23. The maximum Gasteiger partial charge on any atom is 0.270 e. The number of amides is 1. The molecule has 0 aliphatic carbocycles. The first-order valence-electron chi connectivity index (χ1n) is 7.45. The molecular weight excluding hydrogens is 304 g/mol. The predicted octanol–water partition coefficient (Wildman–Crippen LogP) is 1.81. The highest BCUT2D eigenvalue weighted by Gasteiger charge is 2.09. The molecule has 0 aliphatic heterocycles. The van der Waals surface area contributed by atoms with Gasteiger partial charge in [0, 0.05) is 18.5 Å². The lowest BCUT2D eigenvalue weighted by molar-refractivity contribution is 0.0945. The van der Waals surface area contributed by atoms with Crippen LogP contribution in [0.4, 0.5) is 5.82 Å². The molecule has 120 valence electrons. The fourth-order valence-electron chi connectivity index (χ4n) is 2.03. The van der Waals surface area contributed by atoms with E-state index in [0.717, 1.165) is 11.4 Å². The van der Waals surface area contributed by atoms with Gasteiger partial charge in [-0.05, 0) is 24.3 Å². The number of hydrogen-bond acceptors (Lipinski definition) is 6. The summed E-state index contributed by atoms with van der Waals surface area (Å²) < 4.78 is 0. The van der Waals surface area contributed by atoms with E-state index in [9.17, 15) is 4.79 Å². The average molecular weight is 320 g/mol. The fraction of sp³-hybridized carbons (Fsp3) is 0.118. The molecular formula is C17H16N6O. The van der Waals surface area contributed by atoms with Gasteiger partial charge < -0.3 is 10.6 Å². The van der Waals surface area contributed by atoms with Gasteiger partial charge in [0.05, 0.1) is 24.5 Å². The molecule has 24 heavy (non-hydrogen) atoms. The summed E-state index contributed by atoms with van der Waals surface area (Å²) in [5, 5.41) is 5.91. The summed E-state index contributed by atoms with van der Waals surface area (Å²) in [4.78, 5) is 28.7. The van der Waals surface area contributed by atoms with Gasteiger partial charge >= 0.3 is 0 Å². The highest BCUT2D eigenvalue weighted by molar-refractivity contribution is 5.92. The number of anilines is 1. The quantitative estimate of drug-likeness (QED) is 0.719. The summed E-state index contributed by atoms with van der Waals surface area (Å²) in [6.07, 6.45) is 4.77. The highest BCUT2D eigenvalue weighted by atomic mass is 16.1. The molecule has 7 heteroatoms. The predicted molar refractivity (Wildman–Crippen MR) is 89.0 cm³/mol.